The maximum absolute atomic E-state index is 10.9. The molecule has 2 aromatic rings. The van der Waals surface area contributed by atoms with E-state index in [0.717, 1.165) is 0 Å². The first kappa shape index (κ1) is 16.4. The van der Waals surface area contributed by atoms with E-state index in [4.69, 9.17) is 9.84 Å². The molecule has 1 aromatic heterocycles. The Kier molecular flexibility index (Phi) is 4.49. The van der Waals surface area contributed by atoms with E-state index in [0.29, 0.717) is 19.0 Å². The number of carboxylic acid groups (broad SMARTS) is 1. The summed E-state index contributed by atoms with van der Waals surface area (Å²) < 4.78 is 6.04. The Morgan fingerprint density at radius 2 is 2.08 bits per heavy atom. The molecule has 1 aliphatic heterocycles. The second-order valence-corrected chi connectivity index (χ2v) is 6.25. The Labute approximate surface area is 141 Å². The lowest BCUT2D eigenvalue weighted by molar-refractivity contribution is 0.0208. The number of nitrogens with zero attached hydrogens (tertiary/aromatic N) is 3. The molecule has 0 aliphatic carbocycles. The number of aryl methyl sites for hydroxylation is 2. The number of rotatable bonds is 3. The molecule has 1 aromatic carbocycles. The molecule has 6 heteroatoms. The van der Waals surface area contributed by atoms with Gasteiger partial charge in [-0.05, 0) is 31.9 Å². The van der Waals surface area contributed by atoms with Crippen molar-refractivity contribution in [3.05, 3.63) is 53.0 Å². The van der Waals surface area contributed by atoms with Crippen molar-refractivity contribution in [2.75, 3.05) is 18.1 Å². The molecule has 24 heavy (non-hydrogen) atoms. The van der Waals surface area contributed by atoms with Gasteiger partial charge in [0.25, 0.3) is 0 Å². The van der Waals surface area contributed by atoms with Crippen molar-refractivity contribution < 1.29 is 14.6 Å². The largest absolute Gasteiger partial charge is 0.476 e. The Balaban J connectivity index is 1.85. The maximum Gasteiger partial charge on any atom is 0.356 e. The van der Waals surface area contributed by atoms with Crippen molar-refractivity contribution in [1.82, 2.24) is 9.97 Å². The molecule has 1 fully saturated rings. The van der Waals surface area contributed by atoms with Crippen molar-refractivity contribution in [3.63, 3.8) is 0 Å². The molecule has 3 rings (SSSR count). The molecule has 1 saturated heterocycles. The first-order valence-electron chi connectivity index (χ1n) is 7.96. The minimum atomic E-state index is -1.07. The maximum atomic E-state index is 10.9. The molecule has 1 N–H and O–H groups in total. The van der Waals surface area contributed by atoms with Crippen LogP contribution in [0.5, 0.6) is 0 Å². The Morgan fingerprint density at radius 1 is 1.29 bits per heavy atom. The zero-order valence-electron chi connectivity index (χ0n) is 14.1. The SMILES string of the molecule is Cc1ccc(C)c(C2CN(c3cnc(C(=O)O)cn3)C(C)CO2)c1. The molecule has 2 atom stereocenters. The molecule has 0 spiro atoms. The number of aromatic carboxylic acids is 1. The quantitative estimate of drug-likeness (QED) is 0.934. The molecule has 126 valence electrons. The fourth-order valence-electron chi connectivity index (χ4n) is 2.95. The highest BCUT2D eigenvalue weighted by molar-refractivity contribution is 5.84. The third-order valence-electron chi connectivity index (χ3n) is 4.37. The molecular weight excluding hydrogens is 306 g/mol. The number of hydrogen-bond acceptors (Lipinski definition) is 5. The first-order valence-corrected chi connectivity index (χ1v) is 7.96. The van der Waals surface area contributed by atoms with Gasteiger partial charge in [-0.25, -0.2) is 14.8 Å². The third kappa shape index (κ3) is 3.23. The second kappa shape index (κ2) is 6.57. The van der Waals surface area contributed by atoms with Crippen molar-refractivity contribution in [2.24, 2.45) is 0 Å². The summed E-state index contributed by atoms with van der Waals surface area (Å²) in [6, 6.07) is 6.51. The van der Waals surface area contributed by atoms with Gasteiger partial charge in [-0.1, -0.05) is 23.8 Å². The van der Waals surface area contributed by atoms with Crippen LogP contribution in [0, 0.1) is 13.8 Å². The van der Waals surface area contributed by atoms with Crippen LogP contribution in [0.2, 0.25) is 0 Å². The monoisotopic (exact) mass is 327 g/mol. The average molecular weight is 327 g/mol. The smallest absolute Gasteiger partial charge is 0.356 e. The van der Waals surface area contributed by atoms with Crippen LogP contribution in [-0.2, 0) is 4.74 Å². The highest BCUT2D eigenvalue weighted by Crippen LogP contribution is 2.30. The summed E-state index contributed by atoms with van der Waals surface area (Å²) in [6.45, 7) is 7.46. The lowest BCUT2D eigenvalue weighted by atomic mass is 9.99. The summed E-state index contributed by atoms with van der Waals surface area (Å²) in [6.07, 6.45) is 2.78. The van der Waals surface area contributed by atoms with Crippen LogP contribution >= 0.6 is 0 Å². The van der Waals surface area contributed by atoms with Gasteiger partial charge in [0.1, 0.15) is 11.9 Å². The summed E-state index contributed by atoms with van der Waals surface area (Å²) in [5.41, 5.74) is 3.54. The summed E-state index contributed by atoms with van der Waals surface area (Å²) in [7, 11) is 0. The number of carboxylic acids is 1. The van der Waals surface area contributed by atoms with Crippen LogP contribution in [0.3, 0.4) is 0 Å². The minimum absolute atomic E-state index is 0.0398. The van der Waals surface area contributed by atoms with Crippen molar-refractivity contribution in [2.45, 2.75) is 32.9 Å². The van der Waals surface area contributed by atoms with E-state index in [9.17, 15) is 4.79 Å². The van der Waals surface area contributed by atoms with E-state index in [2.05, 4.69) is 53.8 Å². The van der Waals surface area contributed by atoms with Gasteiger partial charge in [0.2, 0.25) is 0 Å². The van der Waals surface area contributed by atoms with Gasteiger partial charge in [-0.3, -0.25) is 0 Å². The molecule has 2 heterocycles. The van der Waals surface area contributed by atoms with Crippen LogP contribution in [0.15, 0.2) is 30.6 Å². The van der Waals surface area contributed by atoms with Gasteiger partial charge >= 0.3 is 5.97 Å². The van der Waals surface area contributed by atoms with Crippen molar-refractivity contribution in [3.8, 4) is 0 Å². The predicted molar refractivity (Wildman–Crippen MR) is 90.4 cm³/mol. The lowest BCUT2D eigenvalue weighted by Crippen LogP contribution is -2.45. The molecular formula is C18H21N3O3. The number of benzene rings is 1. The fraction of sp³-hybridized carbons (Fsp3) is 0.389. The van der Waals surface area contributed by atoms with Crippen molar-refractivity contribution in [1.29, 1.82) is 0 Å². The van der Waals surface area contributed by atoms with Gasteiger partial charge in [-0.15, -0.1) is 0 Å². The second-order valence-electron chi connectivity index (χ2n) is 6.25. The van der Waals surface area contributed by atoms with Gasteiger partial charge in [0, 0.05) is 0 Å². The van der Waals surface area contributed by atoms with E-state index in [1.165, 1.54) is 29.1 Å². The Morgan fingerprint density at radius 3 is 2.75 bits per heavy atom. The third-order valence-corrected chi connectivity index (χ3v) is 4.37. The number of aromatic nitrogens is 2. The summed E-state index contributed by atoms with van der Waals surface area (Å²) in [4.78, 5) is 21.3. The topological polar surface area (TPSA) is 75.6 Å². The summed E-state index contributed by atoms with van der Waals surface area (Å²) >= 11 is 0. The normalized spacial score (nSPS) is 20.9. The first-order chi connectivity index (χ1) is 11.5. The van der Waals surface area contributed by atoms with E-state index >= 15 is 0 Å². The van der Waals surface area contributed by atoms with E-state index in [1.807, 2.05) is 0 Å². The van der Waals surface area contributed by atoms with Crippen LogP contribution in [0.25, 0.3) is 0 Å². The highest BCUT2D eigenvalue weighted by Gasteiger charge is 2.29. The number of hydrogen-bond donors (Lipinski definition) is 1. The fourth-order valence-corrected chi connectivity index (χ4v) is 2.95. The standard InChI is InChI=1S/C18H21N3O3/c1-11-4-5-12(2)14(6-11)16-9-21(13(3)10-24-16)17-8-19-15(7-20-17)18(22)23/h4-8,13,16H,9-10H2,1-3H3,(H,22,23). The van der Waals surface area contributed by atoms with Gasteiger partial charge < -0.3 is 14.7 Å². The summed E-state index contributed by atoms with van der Waals surface area (Å²) in [5, 5.41) is 8.95. The Hall–Kier alpha value is -2.47. The van der Waals surface area contributed by atoms with Gasteiger partial charge in [0.15, 0.2) is 5.69 Å². The van der Waals surface area contributed by atoms with Crippen LogP contribution in [0.1, 0.15) is 40.2 Å². The molecule has 2 unspecified atom stereocenters. The van der Waals surface area contributed by atoms with Crippen molar-refractivity contribution >= 4 is 11.8 Å². The van der Waals surface area contributed by atoms with Gasteiger partial charge in [0.05, 0.1) is 31.6 Å². The number of anilines is 1. The molecule has 0 bridgehead atoms. The predicted octanol–water partition coefficient (Wildman–Crippen LogP) is 2.76. The van der Waals surface area contributed by atoms with Gasteiger partial charge in [-0.2, -0.15) is 0 Å². The number of morpholine rings is 1. The zero-order valence-corrected chi connectivity index (χ0v) is 14.1. The highest BCUT2D eigenvalue weighted by atomic mass is 16.5. The molecule has 1 aliphatic rings. The van der Waals surface area contributed by atoms with Crippen LogP contribution in [0.4, 0.5) is 5.82 Å². The van der Waals surface area contributed by atoms with E-state index < -0.39 is 5.97 Å². The molecule has 0 saturated carbocycles. The number of ether oxygens (including phenoxy) is 1. The van der Waals surface area contributed by atoms with E-state index in [1.54, 1.807) is 0 Å². The van der Waals surface area contributed by atoms with E-state index in [-0.39, 0.29) is 17.8 Å². The molecule has 6 nitrogen and oxygen atoms in total. The average Bonchev–Trinajstić information content (AvgIpc) is 2.58. The van der Waals surface area contributed by atoms with Crippen LogP contribution in [-0.4, -0.2) is 40.2 Å². The molecule has 0 radical (unpaired) electrons. The molecule has 0 amide bonds. The zero-order chi connectivity index (χ0) is 17.3. The minimum Gasteiger partial charge on any atom is -0.476 e. The summed E-state index contributed by atoms with van der Waals surface area (Å²) in [5.74, 6) is -0.400. The Bertz CT molecular complexity index is 746. The lowest BCUT2D eigenvalue weighted by Gasteiger charge is -2.39. The number of carbonyl (C=O) groups is 1. The van der Waals surface area contributed by atoms with Crippen LogP contribution < -0.4 is 4.90 Å².